The topological polar surface area (TPSA) is 55.5 Å². The summed E-state index contributed by atoms with van der Waals surface area (Å²) < 4.78 is 5.73. The van der Waals surface area contributed by atoms with Gasteiger partial charge in [0.05, 0.1) is 12.7 Å². The monoisotopic (exact) mass is 293 g/mol. The van der Waals surface area contributed by atoms with Crippen molar-refractivity contribution in [2.24, 2.45) is 11.7 Å². The Hall–Kier alpha value is -1.06. The van der Waals surface area contributed by atoms with Gasteiger partial charge in [0, 0.05) is 6.04 Å². The Morgan fingerprint density at radius 2 is 1.95 bits per heavy atom. The number of hydrogen-bond donors (Lipinski definition) is 2. The number of hydrogen-bond acceptors (Lipinski definition) is 3. The number of rotatable bonds is 9. The molecule has 21 heavy (non-hydrogen) atoms. The van der Waals surface area contributed by atoms with Gasteiger partial charge in [-0.05, 0) is 55.4 Å². The number of aliphatic hydroxyl groups excluding tert-OH is 1. The molecule has 2 atom stereocenters. The summed E-state index contributed by atoms with van der Waals surface area (Å²) in [4.78, 5) is 0. The fraction of sp³-hybridized carbons (Fsp3) is 0.667. The van der Waals surface area contributed by atoms with Crippen LogP contribution in [0.15, 0.2) is 18.2 Å². The minimum Gasteiger partial charge on any atom is -0.493 e. The molecule has 2 unspecified atom stereocenters. The third kappa shape index (κ3) is 6.49. The molecule has 0 saturated carbocycles. The van der Waals surface area contributed by atoms with Crippen molar-refractivity contribution in [3.63, 3.8) is 0 Å². The van der Waals surface area contributed by atoms with Crippen LogP contribution in [0.3, 0.4) is 0 Å². The zero-order valence-corrected chi connectivity index (χ0v) is 13.9. The van der Waals surface area contributed by atoms with Gasteiger partial charge in [-0.25, -0.2) is 0 Å². The van der Waals surface area contributed by atoms with Crippen LogP contribution in [0, 0.1) is 12.8 Å². The lowest BCUT2D eigenvalue weighted by Crippen LogP contribution is -2.34. The van der Waals surface area contributed by atoms with Crippen molar-refractivity contribution in [2.45, 2.75) is 65.5 Å². The number of nitrogens with two attached hydrogens (primary N) is 1. The van der Waals surface area contributed by atoms with E-state index in [-0.39, 0.29) is 6.04 Å². The molecule has 3 N–H and O–H groups in total. The molecule has 1 aromatic carbocycles. The van der Waals surface area contributed by atoms with Gasteiger partial charge in [0.15, 0.2) is 0 Å². The van der Waals surface area contributed by atoms with E-state index in [2.05, 4.69) is 39.8 Å². The average molecular weight is 293 g/mol. The summed E-state index contributed by atoms with van der Waals surface area (Å²) in [5.41, 5.74) is 8.43. The first-order valence-electron chi connectivity index (χ1n) is 8.10. The largest absolute Gasteiger partial charge is 0.493 e. The second-order valence-corrected chi connectivity index (χ2v) is 6.35. The molecule has 3 nitrogen and oxygen atoms in total. The van der Waals surface area contributed by atoms with Gasteiger partial charge in [-0.1, -0.05) is 33.3 Å². The maximum absolute atomic E-state index is 10.1. The van der Waals surface area contributed by atoms with Crippen LogP contribution in [0.2, 0.25) is 0 Å². The van der Waals surface area contributed by atoms with E-state index >= 15 is 0 Å². The van der Waals surface area contributed by atoms with Crippen molar-refractivity contribution in [3.05, 3.63) is 29.3 Å². The van der Waals surface area contributed by atoms with E-state index in [1.165, 1.54) is 11.1 Å². The number of benzene rings is 1. The SMILES string of the molecule is CCCC(N)C(O)CCc1ccc(OCC(C)C)cc1C. The second-order valence-electron chi connectivity index (χ2n) is 6.35. The van der Waals surface area contributed by atoms with Gasteiger partial charge < -0.3 is 15.6 Å². The van der Waals surface area contributed by atoms with Crippen molar-refractivity contribution in [3.8, 4) is 5.75 Å². The van der Waals surface area contributed by atoms with Crippen LogP contribution in [0.5, 0.6) is 5.75 Å². The third-order valence-corrected chi connectivity index (χ3v) is 3.72. The van der Waals surface area contributed by atoms with Gasteiger partial charge in [0.1, 0.15) is 5.75 Å². The molecule has 0 aliphatic carbocycles. The number of aliphatic hydroxyl groups is 1. The Kier molecular flexibility index (Phi) is 7.76. The molecule has 0 aliphatic heterocycles. The molecule has 120 valence electrons. The maximum atomic E-state index is 10.1. The van der Waals surface area contributed by atoms with Crippen LogP contribution in [-0.2, 0) is 6.42 Å². The summed E-state index contributed by atoms with van der Waals surface area (Å²) >= 11 is 0. The predicted octanol–water partition coefficient (Wildman–Crippen LogP) is 3.45. The molecule has 0 heterocycles. The molecule has 3 heteroatoms. The minimum atomic E-state index is -0.416. The molecule has 0 bridgehead atoms. The quantitative estimate of drug-likeness (QED) is 0.733. The highest BCUT2D eigenvalue weighted by Crippen LogP contribution is 2.20. The third-order valence-electron chi connectivity index (χ3n) is 3.72. The summed E-state index contributed by atoms with van der Waals surface area (Å²) in [5, 5.41) is 10.1. The summed E-state index contributed by atoms with van der Waals surface area (Å²) in [6.07, 6.45) is 3.05. The van der Waals surface area contributed by atoms with Crippen molar-refractivity contribution in [1.82, 2.24) is 0 Å². The highest BCUT2D eigenvalue weighted by Gasteiger charge is 2.14. The Bertz CT molecular complexity index is 418. The van der Waals surface area contributed by atoms with E-state index in [0.29, 0.717) is 12.3 Å². The summed E-state index contributed by atoms with van der Waals surface area (Å²) in [6, 6.07) is 6.09. The van der Waals surface area contributed by atoms with Crippen LogP contribution in [-0.4, -0.2) is 23.9 Å². The van der Waals surface area contributed by atoms with E-state index < -0.39 is 6.10 Å². The van der Waals surface area contributed by atoms with Crippen LogP contribution in [0.4, 0.5) is 0 Å². The molecule has 0 aromatic heterocycles. The summed E-state index contributed by atoms with van der Waals surface area (Å²) in [5.74, 6) is 1.45. The van der Waals surface area contributed by atoms with E-state index in [9.17, 15) is 5.11 Å². The van der Waals surface area contributed by atoms with Crippen LogP contribution in [0.1, 0.15) is 51.2 Å². The highest BCUT2D eigenvalue weighted by atomic mass is 16.5. The van der Waals surface area contributed by atoms with Crippen molar-refractivity contribution >= 4 is 0 Å². The highest BCUT2D eigenvalue weighted by molar-refractivity contribution is 5.35. The Labute approximate surface area is 129 Å². The molecule has 1 aromatic rings. The molecule has 1 rings (SSSR count). The van der Waals surface area contributed by atoms with Crippen LogP contribution in [0.25, 0.3) is 0 Å². The van der Waals surface area contributed by atoms with Gasteiger partial charge in [0.2, 0.25) is 0 Å². The normalized spacial score (nSPS) is 14.2. The minimum absolute atomic E-state index is 0.107. The van der Waals surface area contributed by atoms with E-state index in [0.717, 1.165) is 31.6 Å². The van der Waals surface area contributed by atoms with Crippen molar-refractivity contribution in [1.29, 1.82) is 0 Å². The number of aryl methyl sites for hydroxylation is 2. The maximum Gasteiger partial charge on any atom is 0.119 e. The van der Waals surface area contributed by atoms with E-state index in [1.807, 2.05) is 6.07 Å². The van der Waals surface area contributed by atoms with Crippen LogP contribution < -0.4 is 10.5 Å². The Morgan fingerprint density at radius 3 is 2.52 bits per heavy atom. The molecule has 0 amide bonds. The lowest BCUT2D eigenvalue weighted by atomic mass is 9.97. The Morgan fingerprint density at radius 1 is 1.24 bits per heavy atom. The van der Waals surface area contributed by atoms with E-state index in [4.69, 9.17) is 10.5 Å². The lowest BCUT2D eigenvalue weighted by Gasteiger charge is -2.18. The van der Waals surface area contributed by atoms with Crippen molar-refractivity contribution in [2.75, 3.05) is 6.61 Å². The molecular weight excluding hydrogens is 262 g/mol. The van der Waals surface area contributed by atoms with Gasteiger partial charge >= 0.3 is 0 Å². The molecule has 0 aliphatic rings. The average Bonchev–Trinajstić information content (AvgIpc) is 2.44. The molecule has 0 radical (unpaired) electrons. The predicted molar refractivity (Wildman–Crippen MR) is 88.7 cm³/mol. The van der Waals surface area contributed by atoms with Gasteiger partial charge in [-0.15, -0.1) is 0 Å². The van der Waals surface area contributed by atoms with Gasteiger partial charge in [0.25, 0.3) is 0 Å². The zero-order chi connectivity index (χ0) is 15.8. The molecule has 0 saturated heterocycles. The Balaban J connectivity index is 2.52. The molecular formula is C18H31NO2. The number of ether oxygens (including phenoxy) is 1. The smallest absolute Gasteiger partial charge is 0.119 e. The zero-order valence-electron chi connectivity index (χ0n) is 13.9. The standard InChI is InChI=1S/C18H31NO2/c1-5-6-17(19)18(20)10-8-15-7-9-16(11-14(15)4)21-12-13(2)3/h7,9,11,13,17-18,20H,5-6,8,10,12,19H2,1-4H3. The molecule has 0 spiro atoms. The molecule has 0 fully saturated rings. The fourth-order valence-electron chi connectivity index (χ4n) is 2.34. The van der Waals surface area contributed by atoms with Gasteiger partial charge in [-0.3, -0.25) is 0 Å². The van der Waals surface area contributed by atoms with Gasteiger partial charge in [-0.2, -0.15) is 0 Å². The van der Waals surface area contributed by atoms with E-state index in [1.54, 1.807) is 0 Å². The van der Waals surface area contributed by atoms with Crippen LogP contribution >= 0.6 is 0 Å². The summed E-state index contributed by atoms with van der Waals surface area (Å²) in [7, 11) is 0. The fourth-order valence-corrected chi connectivity index (χ4v) is 2.34. The second kappa shape index (κ2) is 9.06. The summed E-state index contributed by atoms with van der Waals surface area (Å²) in [6.45, 7) is 9.20. The van der Waals surface area contributed by atoms with Crippen molar-refractivity contribution < 1.29 is 9.84 Å². The first-order chi connectivity index (χ1) is 9.93. The lowest BCUT2D eigenvalue weighted by molar-refractivity contribution is 0.131. The first kappa shape index (κ1) is 18.0. The first-order valence-corrected chi connectivity index (χ1v) is 8.10.